The van der Waals surface area contributed by atoms with E-state index in [4.69, 9.17) is 9.84 Å². The first-order valence-corrected chi connectivity index (χ1v) is 6.19. The van der Waals surface area contributed by atoms with Crippen molar-refractivity contribution in [1.82, 2.24) is 4.90 Å². The van der Waals surface area contributed by atoms with E-state index in [1.54, 1.807) is 24.1 Å². The van der Waals surface area contributed by atoms with Crippen LogP contribution in [0.3, 0.4) is 0 Å². The number of carbonyl (C=O) groups excluding carboxylic acids is 1. The van der Waals surface area contributed by atoms with Gasteiger partial charge in [-0.05, 0) is 31.0 Å². The van der Waals surface area contributed by atoms with Crippen LogP contribution in [0.4, 0.5) is 0 Å². The molecule has 1 heterocycles. The van der Waals surface area contributed by atoms with Gasteiger partial charge in [-0.2, -0.15) is 0 Å². The first kappa shape index (κ1) is 16.3. The smallest absolute Gasteiger partial charge is 0.308 e. The van der Waals surface area contributed by atoms with Gasteiger partial charge in [0.15, 0.2) is 0 Å². The maximum Gasteiger partial charge on any atom is 0.308 e. The highest BCUT2D eigenvalue weighted by molar-refractivity contribution is 5.95. The Hall–Kier alpha value is -1.75. The second-order valence-corrected chi connectivity index (χ2v) is 4.76. The minimum atomic E-state index is -0.836. The number of nitrogens with zero attached hydrogens (tertiary/aromatic N) is 1. The molecule has 0 aromatic heterocycles. The van der Waals surface area contributed by atoms with Crippen LogP contribution in [-0.4, -0.2) is 42.1 Å². The first-order chi connectivity index (χ1) is 9.02. The molecular formula is C14H18ClNO4. The molecule has 1 N–H and O–H groups in total. The van der Waals surface area contributed by atoms with Gasteiger partial charge in [0.2, 0.25) is 0 Å². The van der Waals surface area contributed by atoms with Crippen molar-refractivity contribution in [2.75, 3.05) is 20.2 Å². The molecule has 1 amide bonds. The number of likely N-dealkylation sites (tertiary alicyclic amines) is 1. The fourth-order valence-corrected chi connectivity index (χ4v) is 2.28. The summed E-state index contributed by atoms with van der Waals surface area (Å²) >= 11 is 0. The van der Waals surface area contributed by atoms with Crippen LogP contribution < -0.4 is 4.74 Å². The second-order valence-electron chi connectivity index (χ2n) is 4.76. The highest BCUT2D eigenvalue weighted by atomic mass is 35.5. The molecule has 0 saturated carbocycles. The lowest BCUT2D eigenvalue weighted by atomic mass is 10.1. The Balaban J connectivity index is 0.00000200. The van der Waals surface area contributed by atoms with E-state index in [2.05, 4.69) is 0 Å². The molecule has 5 nitrogen and oxygen atoms in total. The lowest BCUT2D eigenvalue weighted by Gasteiger charge is -2.16. The van der Waals surface area contributed by atoms with Crippen molar-refractivity contribution in [3.05, 3.63) is 29.3 Å². The molecule has 0 aliphatic carbocycles. The third-order valence-corrected chi connectivity index (χ3v) is 3.48. The summed E-state index contributed by atoms with van der Waals surface area (Å²) in [6.45, 7) is 2.68. The summed E-state index contributed by atoms with van der Waals surface area (Å²) in [6.07, 6.45) is 0.518. The van der Waals surface area contributed by atoms with E-state index >= 15 is 0 Å². The molecule has 1 atom stereocenters. The number of methoxy groups -OCH3 is 1. The van der Waals surface area contributed by atoms with Gasteiger partial charge in [-0.3, -0.25) is 9.59 Å². The summed E-state index contributed by atoms with van der Waals surface area (Å²) in [5, 5.41) is 8.94. The Kier molecular flexibility index (Phi) is 5.39. The van der Waals surface area contributed by atoms with Crippen molar-refractivity contribution < 1.29 is 19.4 Å². The molecule has 0 bridgehead atoms. The lowest BCUT2D eigenvalue weighted by molar-refractivity contribution is -0.141. The third kappa shape index (κ3) is 3.22. The van der Waals surface area contributed by atoms with Gasteiger partial charge in [-0.15, -0.1) is 12.4 Å². The summed E-state index contributed by atoms with van der Waals surface area (Å²) < 4.78 is 5.19. The summed E-state index contributed by atoms with van der Waals surface area (Å²) in [7, 11) is 1.56. The monoisotopic (exact) mass is 299 g/mol. The van der Waals surface area contributed by atoms with Crippen LogP contribution in [0.25, 0.3) is 0 Å². The van der Waals surface area contributed by atoms with Gasteiger partial charge in [0.1, 0.15) is 5.75 Å². The summed E-state index contributed by atoms with van der Waals surface area (Å²) in [5.74, 6) is -0.755. The quantitative estimate of drug-likeness (QED) is 0.926. The summed E-state index contributed by atoms with van der Waals surface area (Å²) in [5.41, 5.74) is 1.50. The van der Waals surface area contributed by atoms with E-state index in [0.29, 0.717) is 24.3 Å². The van der Waals surface area contributed by atoms with Gasteiger partial charge < -0.3 is 14.7 Å². The van der Waals surface area contributed by atoms with Crippen LogP contribution in [0.5, 0.6) is 5.75 Å². The van der Waals surface area contributed by atoms with Crippen LogP contribution in [0.15, 0.2) is 18.2 Å². The molecule has 6 heteroatoms. The van der Waals surface area contributed by atoms with Crippen molar-refractivity contribution in [3.63, 3.8) is 0 Å². The minimum absolute atomic E-state index is 0. The van der Waals surface area contributed by atoms with E-state index < -0.39 is 11.9 Å². The molecule has 1 aromatic rings. The number of carboxylic acids is 1. The maximum atomic E-state index is 12.3. The van der Waals surface area contributed by atoms with Gasteiger partial charge in [0, 0.05) is 18.7 Å². The van der Waals surface area contributed by atoms with Crippen molar-refractivity contribution in [1.29, 1.82) is 0 Å². The SMILES string of the molecule is COc1cc(C(=O)N2CCC(C(=O)O)C2)ccc1C.Cl. The Bertz CT molecular complexity index is 518. The second kappa shape index (κ2) is 6.61. The number of ether oxygens (including phenoxy) is 1. The average molecular weight is 300 g/mol. The van der Waals surface area contributed by atoms with Gasteiger partial charge >= 0.3 is 5.97 Å². The largest absolute Gasteiger partial charge is 0.496 e. The molecule has 110 valence electrons. The van der Waals surface area contributed by atoms with Gasteiger partial charge in [0.25, 0.3) is 5.91 Å². The molecule has 1 aromatic carbocycles. The highest BCUT2D eigenvalue weighted by Crippen LogP contribution is 2.23. The highest BCUT2D eigenvalue weighted by Gasteiger charge is 2.31. The number of rotatable bonds is 3. The Morgan fingerprint density at radius 3 is 2.65 bits per heavy atom. The number of hydrogen-bond donors (Lipinski definition) is 1. The molecule has 1 aliphatic rings. The number of carbonyl (C=O) groups is 2. The van der Waals surface area contributed by atoms with Crippen LogP contribution in [-0.2, 0) is 4.79 Å². The zero-order chi connectivity index (χ0) is 14.0. The lowest BCUT2D eigenvalue weighted by Crippen LogP contribution is -2.29. The van der Waals surface area contributed by atoms with E-state index in [1.165, 1.54) is 0 Å². The number of amides is 1. The molecule has 0 spiro atoms. The fourth-order valence-electron chi connectivity index (χ4n) is 2.28. The van der Waals surface area contributed by atoms with Crippen molar-refractivity contribution in [3.8, 4) is 5.75 Å². The van der Waals surface area contributed by atoms with Crippen LogP contribution in [0, 0.1) is 12.8 Å². The van der Waals surface area contributed by atoms with Crippen LogP contribution >= 0.6 is 12.4 Å². The van der Waals surface area contributed by atoms with E-state index in [1.807, 2.05) is 13.0 Å². The molecule has 1 aliphatic heterocycles. The van der Waals surface area contributed by atoms with Crippen LogP contribution in [0.2, 0.25) is 0 Å². The Morgan fingerprint density at radius 2 is 2.10 bits per heavy atom. The van der Waals surface area contributed by atoms with Crippen molar-refractivity contribution in [2.45, 2.75) is 13.3 Å². The van der Waals surface area contributed by atoms with Crippen molar-refractivity contribution >= 4 is 24.3 Å². The van der Waals surface area contributed by atoms with E-state index in [9.17, 15) is 9.59 Å². The Labute approximate surface area is 123 Å². The third-order valence-electron chi connectivity index (χ3n) is 3.48. The van der Waals surface area contributed by atoms with Gasteiger partial charge in [-0.25, -0.2) is 0 Å². The first-order valence-electron chi connectivity index (χ1n) is 6.19. The predicted molar refractivity (Wildman–Crippen MR) is 76.6 cm³/mol. The number of carboxylic acid groups (broad SMARTS) is 1. The minimum Gasteiger partial charge on any atom is -0.496 e. The Morgan fingerprint density at radius 1 is 1.40 bits per heavy atom. The fraction of sp³-hybridized carbons (Fsp3) is 0.429. The number of aryl methyl sites for hydroxylation is 1. The molecule has 1 unspecified atom stereocenters. The predicted octanol–water partition coefficient (Wildman–Crippen LogP) is 1.97. The number of benzene rings is 1. The van der Waals surface area contributed by atoms with E-state index in [0.717, 1.165) is 5.56 Å². The summed E-state index contributed by atoms with van der Waals surface area (Å²) in [6, 6.07) is 5.27. The normalized spacial score (nSPS) is 17.5. The molecule has 2 rings (SSSR count). The molecule has 20 heavy (non-hydrogen) atoms. The zero-order valence-electron chi connectivity index (χ0n) is 11.5. The zero-order valence-corrected chi connectivity index (χ0v) is 12.3. The van der Waals surface area contributed by atoms with Gasteiger partial charge in [-0.1, -0.05) is 6.07 Å². The number of hydrogen-bond acceptors (Lipinski definition) is 3. The molecular weight excluding hydrogens is 282 g/mol. The average Bonchev–Trinajstić information content (AvgIpc) is 2.88. The number of aliphatic carboxylic acids is 1. The summed E-state index contributed by atoms with van der Waals surface area (Å²) in [4.78, 5) is 24.8. The van der Waals surface area contributed by atoms with Gasteiger partial charge in [0.05, 0.1) is 13.0 Å². The molecule has 0 radical (unpaired) electrons. The topological polar surface area (TPSA) is 66.8 Å². The molecule has 1 saturated heterocycles. The molecule has 1 fully saturated rings. The van der Waals surface area contributed by atoms with Crippen molar-refractivity contribution in [2.24, 2.45) is 5.92 Å². The van der Waals surface area contributed by atoms with E-state index in [-0.39, 0.29) is 24.9 Å². The van der Waals surface area contributed by atoms with Crippen LogP contribution in [0.1, 0.15) is 22.3 Å². The number of halogens is 1. The standard InChI is InChI=1S/C14H17NO4.ClH/c1-9-3-4-10(7-12(9)19-2)13(16)15-6-5-11(8-15)14(17)18;/h3-4,7,11H,5-6,8H2,1-2H3,(H,17,18);1H. The maximum absolute atomic E-state index is 12.3.